The van der Waals surface area contributed by atoms with Gasteiger partial charge in [0.1, 0.15) is 0 Å². The highest BCUT2D eigenvalue weighted by Gasteiger charge is 1.97. The van der Waals surface area contributed by atoms with E-state index in [4.69, 9.17) is 10.5 Å². The SMILES string of the molecule is CCOC(=O)CC/C=N\NC(N)=S. The number of nitrogens with zero attached hydrogens (tertiary/aromatic N) is 1. The highest BCUT2D eigenvalue weighted by Crippen LogP contribution is 1.89. The van der Waals surface area contributed by atoms with E-state index in [0.29, 0.717) is 19.4 Å². The van der Waals surface area contributed by atoms with E-state index in [1.807, 2.05) is 0 Å². The second-order valence-electron chi connectivity index (χ2n) is 2.13. The third kappa shape index (κ3) is 8.74. The molecule has 0 fully saturated rings. The molecule has 74 valence electrons. The Morgan fingerprint density at radius 2 is 2.46 bits per heavy atom. The molecule has 5 nitrogen and oxygen atoms in total. The van der Waals surface area contributed by atoms with Gasteiger partial charge in [-0.2, -0.15) is 5.10 Å². The highest BCUT2D eigenvalue weighted by molar-refractivity contribution is 7.80. The van der Waals surface area contributed by atoms with E-state index in [-0.39, 0.29) is 11.1 Å². The summed E-state index contributed by atoms with van der Waals surface area (Å²) in [6.07, 6.45) is 2.35. The van der Waals surface area contributed by atoms with Gasteiger partial charge < -0.3 is 10.5 Å². The van der Waals surface area contributed by atoms with Crippen molar-refractivity contribution in [1.82, 2.24) is 5.43 Å². The molecular weight excluding hydrogens is 190 g/mol. The van der Waals surface area contributed by atoms with Crippen LogP contribution in [0.3, 0.4) is 0 Å². The molecule has 0 rings (SSSR count). The molecule has 6 heteroatoms. The summed E-state index contributed by atoms with van der Waals surface area (Å²) >= 11 is 4.50. The van der Waals surface area contributed by atoms with Gasteiger partial charge in [-0.15, -0.1) is 0 Å². The first-order valence-electron chi connectivity index (χ1n) is 3.89. The Kier molecular flexibility index (Phi) is 6.80. The summed E-state index contributed by atoms with van der Waals surface area (Å²) in [4.78, 5) is 10.8. The average molecular weight is 203 g/mol. The lowest BCUT2D eigenvalue weighted by Gasteiger charge is -1.97. The summed E-state index contributed by atoms with van der Waals surface area (Å²) in [5.41, 5.74) is 7.47. The zero-order valence-electron chi connectivity index (χ0n) is 7.45. The van der Waals surface area contributed by atoms with Crippen LogP contribution in [0.1, 0.15) is 19.8 Å². The van der Waals surface area contributed by atoms with Crippen LogP contribution >= 0.6 is 12.2 Å². The number of ether oxygens (including phenoxy) is 1. The van der Waals surface area contributed by atoms with Gasteiger partial charge in [0.05, 0.1) is 13.0 Å². The Bertz CT molecular complexity index is 206. The van der Waals surface area contributed by atoms with Crippen molar-refractivity contribution in [2.75, 3.05) is 6.61 Å². The summed E-state index contributed by atoms with van der Waals surface area (Å²) in [6, 6.07) is 0. The Morgan fingerprint density at radius 3 is 3.00 bits per heavy atom. The Morgan fingerprint density at radius 1 is 1.77 bits per heavy atom. The van der Waals surface area contributed by atoms with Crippen molar-refractivity contribution in [3.05, 3.63) is 0 Å². The molecule has 0 heterocycles. The van der Waals surface area contributed by atoms with Crippen LogP contribution in [0.15, 0.2) is 5.10 Å². The smallest absolute Gasteiger partial charge is 0.306 e. The maximum Gasteiger partial charge on any atom is 0.306 e. The number of carbonyl (C=O) groups is 1. The lowest BCUT2D eigenvalue weighted by molar-refractivity contribution is -0.142. The summed E-state index contributed by atoms with van der Waals surface area (Å²) < 4.78 is 4.70. The van der Waals surface area contributed by atoms with E-state index in [9.17, 15) is 4.79 Å². The molecule has 0 amide bonds. The third-order valence-corrected chi connectivity index (χ3v) is 1.14. The quantitative estimate of drug-likeness (QED) is 0.288. The molecule has 0 aromatic heterocycles. The van der Waals surface area contributed by atoms with Crippen LogP contribution in [0.25, 0.3) is 0 Å². The van der Waals surface area contributed by atoms with E-state index in [1.165, 1.54) is 6.21 Å². The molecule has 0 bridgehead atoms. The van der Waals surface area contributed by atoms with Crippen LogP contribution in [0.5, 0.6) is 0 Å². The van der Waals surface area contributed by atoms with Crippen LogP contribution in [-0.4, -0.2) is 23.9 Å². The first-order chi connectivity index (χ1) is 6.16. The molecule has 0 unspecified atom stereocenters. The van der Waals surface area contributed by atoms with E-state index >= 15 is 0 Å². The van der Waals surface area contributed by atoms with E-state index in [2.05, 4.69) is 22.7 Å². The van der Waals surface area contributed by atoms with Crippen LogP contribution in [0.2, 0.25) is 0 Å². The highest BCUT2D eigenvalue weighted by atomic mass is 32.1. The number of hydrogen-bond acceptors (Lipinski definition) is 4. The van der Waals surface area contributed by atoms with Gasteiger partial charge >= 0.3 is 5.97 Å². The van der Waals surface area contributed by atoms with Crippen LogP contribution in [0.4, 0.5) is 0 Å². The molecule has 3 N–H and O–H groups in total. The van der Waals surface area contributed by atoms with Gasteiger partial charge in [0.2, 0.25) is 0 Å². The molecule has 0 spiro atoms. The fraction of sp³-hybridized carbons (Fsp3) is 0.571. The van der Waals surface area contributed by atoms with E-state index in [1.54, 1.807) is 6.92 Å². The van der Waals surface area contributed by atoms with Crippen molar-refractivity contribution in [3.63, 3.8) is 0 Å². The van der Waals surface area contributed by atoms with Gasteiger partial charge in [-0.3, -0.25) is 10.2 Å². The minimum absolute atomic E-state index is 0.104. The normalized spacial score (nSPS) is 9.92. The molecule has 0 aromatic carbocycles. The van der Waals surface area contributed by atoms with E-state index in [0.717, 1.165) is 0 Å². The fourth-order valence-corrected chi connectivity index (χ4v) is 0.642. The maximum absolute atomic E-state index is 10.8. The Labute approximate surface area is 82.3 Å². The van der Waals surface area contributed by atoms with Gasteiger partial charge in [0, 0.05) is 6.21 Å². The summed E-state index contributed by atoms with van der Waals surface area (Å²) in [6.45, 7) is 2.17. The fourth-order valence-electron chi connectivity index (χ4n) is 0.589. The topological polar surface area (TPSA) is 76.7 Å². The van der Waals surface area contributed by atoms with E-state index < -0.39 is 0 Å². The summed E-state index contributed by atoms with van der Waals surface area (Å²) in [7, 11) is 0. The monoisotopic (exact) mass is 203 g/mol. The Balaban J connectivity index is 3.38. The number of nitrogens with one attached hydrogen (secondary N) is 1. The standard InChI is InChI=1S/C7H13N3O2S/c1-2-12-6(11)4-3-5-9-10-7(8)13/h5H,2-4H2,1H3,(H3,8,10,13)/b9-5-. The van der Waals surface area contributed by atoms with Gasteiger partial charge in [-0.25, -0.2) is 0 Å². The number of esters is 1. The van der Waals surface area contributed by atoms with Crippen LogP contribution < -0.4 is 11.2 Å². The second-order valence-corrected chi connectivity index (χ2v) is 2.57. The van der Waals surface area contributed by atoms with Crippen LogP contribution in [-0.2, 0) is 9.53 Å². The zero-order chi connectivity index (χ0) is 10.1. The predicted octanol–water partition coefficient (Wildman–Crippen LogP) is 0.149. The lowest BCUT2D eigenvalue weighted by atomic mass is 10.3. The van der Waals surface area contributed by atoms with Crippen LogP contribution in [0, 0.1) is 0 Å². The molecule has 0 saturated heterocycles. The summed E-state index contributed by atoms with van der Waals surface area (Å²) in [5, 5.41) is 3.76. The average Bonchev–Trinajstić information content (AvgIpc) is 2.03. The molecule has 0 aromatic rings. The predicted molar refractivity (Wildman–Crippen MR) is 54.3 cm³/mol. The van der Waals surface area contributed by atoms with Gasteiger partial charge in [0.15, 0.2) is 5.11 Å². The van der Waals surface area contributed by atoms with Gasteiger partial charge in [0.25, 0.3) is 0 Å². The van der Waals surface area contributed by atoms with Crippen molar-refractivity contribution in [2.24, 2.45) is 10.8 Å². The third-order valence-electron chi connectivity index (χ3n) is 1.05. The second kappa shape index (κ2) is 7.48. The Hall–Kier alpha value is -1.17. The van der Waals surface area contributed by atoms with Crippen molar-refractivity contribution >= 4 is 29.5 Å². The first-order valence-corrected chi connectivity index (χ1v) is 4.30. The largest absolute Gasteiger partial charge is 0.466 e. The summed E-state index contributed by atoms with van der Waals surface area (Å²) in [5.74, 6) is -0.232. The number of rotatable bonds is 5. The van der Waals surface area contributed by atoms with Crippen molar-refractivity contribution in [3.8, 4) is 0 Å². The number of hydrogen-bond donors (Lipinski definition) is 2. The number of thiocarbonyl (C=S) groups is 1. The molecule has 0 saturated carbocycles. The van der Waals surface area contributed by atoms with Crippen molar-refractivity contribution in [2.45, 2.75) is 19.8 Å². The first kappa shape index (κ1) is 11.8. The molecule has 0 atom stereocenters. The zero-order valence-corrected chi connectivity index (χ0v) is 8.26. The lowest BCUT2D eigenvalue weighted by Crippen LogP contribution is -2.23. The minimum Gasteiger partial charge on any atom is -0.466 e. The van der Waals surface area contributed by atoms with Crippen molar-refractivity contribution in [1.29, 1.82) is 0 Å². The molecule has 0 aliphatic carbocycles. The van der Waals surface area contributed by atoms with Crippen molar-refractivity contribution < 1.29 is 9.53 Å². The maximum atomic E-state index is 10.8. The van der Waals surface area contributed by atoms with Gasteiger partial charge in [-0.05, 0) is 25.6 Å². The molecule has 0 aliphatic heterocycles. The van der Waals surface area contributed by atoms with Gasteiger partial charge in [-0.1, -0.05) is 0 Å². The number of carbonyl (C=O) groups excluding carboxylic acids is 1. The molecular formula is C7H13N3O2S. The molecule has 13 heavy (non-hydrogen) atoms. The number of nitrogens with two attached hydrogens (primary N) is 1. The molecule has 0 radical (unpaired) electrons. The number of hydrazone groups is 1. The molecule has 0 aliphatic rings. The minimum atomic E-state index is -0.232.